The van der Waals surface area contributed by atoms with Gasteiger partial charge >= 0.3 is 0 Å². The van der Waals surface area contributed by atoms with Gasteiger partial charge < -0.3 is 11.1 Å². The Balaban J connectivity index is 1.76. The van der Waals surface area contributed by atoms with E-state index in [0.717, 1.165) is 11.3 Å². The predicted octanol–water partition coefficient (Wildman–Crippen LogP) is 1.87. The summed E-state index contributed by atoms with van der Waals surface area (Å²) < 4.78 is 1.43. The van der Waals surface area contributed by atoms with Crippen molar-refractivity contribution in [3.05, 3.63) is 54.1 Å². The summed E-state index contributed by atoms with van der Waals surface area (Å²) in [6, 6.07) is 14.8. The minimum absolute atomic E-state index is 0.00451. The number of amides is 1. The summed E-state index contributed by atoms with van der Waals surface area (Å²) >= 11 is 0. The van der Waals surface area contributed by atoms with E-state index in [0.29, 0.717) is 17.1 Å². The van der Waals surface area contributed by atoms with Gasteiger partial charge in [0.25, 0.3) is 0 Å². The number of nitrogens with zero attached hydrogens (tertiary/aromatic N) is 4. The van der Waals surface area contributed by atoms with Crippen LogP contribution in [-0.2, 0) is 11.3 Å². The Morgan fingerprint density at radius 3 is 2.65 bits per heavy atom. The van der Waals surface area contributed by atoms with Crippen LogP contribution in [0, 0.1) is 6.92 Å². The lowest BCUT2D eigenvalue weighted by Crippen LogP contribution is -2.20. The van der Waals surface area contributed by atoms with Crippen LogP contribution in [0.2, 0.25) is 0 Å². The zero-order valence-electron chi connectivity index (χ0n) is 12.6. The second-order valence-electron chi connectivity index (χ2n) is 5.16. The minimum atomic E-state index is -0.211. The number of hydrogen-bond donors (Lipinski definition) is 2. The molecular weight excluding hydrogens is 292 g/mol. The van der Waals surface area contributed by atoms with Gasteiger partial charge in [0.05, 0.1) is 0 Å². The van der Waals surface area contributed by atoms with Gasteiger partial charge in [-0.2, -0.15) is 0 Å². The molecule has 0 aliphatic heterocycles. The molecule has 0 saturated heterocycles. The maximum absolute atomic E-state index is 12.2. The molecule has 3 rings (SSSR count). The average molecular weight is 308 g/mol. The number of hydrogen-bond acceptors (Lipinski definition) is 5. The highest BCUT2D eigenvalue weighted by Gasteiger charge is 2.14. The molecule has 7 nitrogen and oxygen atoms in total. The molecule has 0 aliphatic carbocycles. The molecule has 23 heavy (non-hydrogen) atoms. The number of carbonyl (C=O) groups is 1. The third-order valence-corrected chi connectivity index (χ3v) is 3.36. The van der Waals surface area contributed by atoms with Crippen molar-refractivity contribution in [2.24, 2.45) is 0 Å². The van der Waals surface area contributed by atoms with Gasteiger partial charge in [-0.15, -0.1) is 5.10 Å². The Kier molecular flexibility index (Phi) is 4.01. The fraction of sp³-hybridized carbons (Fsp3) is 0.125. The Labute approximate surface area is 133 Å². The Morgan fingerprint density at radius 1 is 1.17 bits per heavy atom. The SMILES string of the molecule is Cc1ccc(NC(=O)Cn2nnnc2-c2ccccc2N)cc1. The molecular formula is C16H16N6O. The summed E-state index contributed by atoms with van der Waals surface area (Å²) in [4.78, 5) is 12.2. The van der Waals surface area contributed by atoms with Gasteiger partial charge in [0, 0.05) is 16.9 Å². The Morgan fingerprint density at radius 2 is 1.91 bits per heavy atom. The van der Waals surface area contributed by atoms with Crippen LogP contribution in [0.4, 0.5) is 11.4 Å². The normalized spacial score (nSPS) is 10.5. The number of benzene rings is 2. The molecule has 7 heteroatoms. The van der Waals surface area contributed by atoms with Gasteiger partial charge in [0.15, 0.2) is 5.82 Å². The molecule has 116 valence electrons. The highest BCUT2D eigenvalue weighted by Crippen LogP contribution is 2.22. The maximum atomic E-state index is 12.2. The van der Waals surface area contributed by atoms with Gasteiger partial charge in [-0.3, -0.25) is 4.79 Å². The van der Waals surface area contributed by atoms with E-state index in [2.05, 4.69) is 20.8 Å². The lowest BCUT2D eigenvalue weighted by molar-refractivity contribution is -0.116. The van der Waals surface area contributed by atoms with Crippen molar-refractivity contribution in [1.29, 1.82) is 0 Å². The van der Waals surface area contributed by atoms with Crippen LogP contribution < -0.4 is 11.1 Å². The monoisotopic (exact) mass is 308 g/mol. The second kappa shape index (κ2) is 6.27. The first-order valence-corrected chi connectivity index (χ1v) is 7.11. The summed E-state index contributed by atoms with van der Waals surface area (Å²) in [7, 11) is 0. The molecule has 0 bridgehead atoms. The molecule has 1 heterocycles. The number of anilines is 2. The van der Waals surface area contributed by atoms with Crippen molar-refractivity contribution in [2.75, 3.05) is 11.1 Å². The number of nitrogens with one attached hydrogen (secondary N) is 1. The smallest absolute Gasteiger partial charge is 0.246 e. The molecule has 1 amide bonds. The van der Waals surface area contributed by atoms with Crippen LogP contribution in [-0.4, -0.2) is 26.1 Å². The maximum Gasteiger partial charge on any atom is 0.246 e. The summed E-state index contributed by atoms with van der Waals surface area (Å²) in [6.07, 6.45) is 0. The Hall–Kier alpha value is -3.22. The van der Waals surface area contributed by atoms with E-state index in [1.807, 2.05) is 49.4 Å². The topological polar surface area (TPSA) is 98.7 Å². The zero-order valence-corrected chi connectivity index (χ0v) is 12.6. The predicted molar refractivity (Wildman–Crippen MR) is 87.5 cm³/mol. The van der Waals surface area contributed by atoms with Crippen LogP contribution >= 0.6 is 0 Å². The number of nitrogens with two attached hydrogens (primary N) is 1. The number of carbonyl (C=O) groups excluding carboxylic acids is 1. The molecule has 0 unspecified atom stereocenters. The molecule has 2 aromatic carbocycles. The molecule has 3 N–H and O–H groups in total. The highest BCUT2D eigenvalue weighted by molar-refractivity contribution is 5.90. The fourth-order valence-corrected chi connectivity index (χ4v) is 2.18. The van der Waals surface area contributed by atoms with E-state index < -0.39 is 0 Å². The standard InChI is InChI=1S/C16H16N6O/c1-11-6-8-12(9-7-11)18-15(23)10-22-16(19-20-21-22)13-4-2-3-5-14(13)17/h2-9H,10,17H2,1H3,(H,18,23). The lowest BCUT2D eigenvalue weighted by Gasteiger charge is -2.08. The molecule has 3 aromatic rings. The van der Waals surface area contributed by atoms with Gasteiger partial charge in [-0.25, -0.2) is 4.68 Å². The van der Waals surface area contributed by atoms with Gasteiger partial charge in [-0.05, 0) is 41.6 Å². The third kappa shape index (κ3) is 3.34. The number of rotatable bonds is 4. The first-order chi connectivity index (χ1) is 11.1. The van der Waals surface area contributed by atoms with Crippen LogP contribution in [0.3, 0.4) is 0 Å². The second-order valence-corrected chi connectivity index (χ2v) is 5.16. The highest BCUT2D eigenvalue weighted by atomic mass is 16.2. The van der Waals surface area contributed by atoms with E-state index in [9.17, 15) is 4.79 Å². The van der Waals surface area contributed by atoms with E-state index in [4.69, 9.17) is 5.73 Å². The van der Waals surface area contributed by atoms with Gasteiger partial charge in [0.2, 0.25) is 5.91 Å². The van der Waals surface area contributed by atoms with E-state index >= 15 is 0 Å². The van der Waals surface area contributed by atoms with E-state index in [1.165, 1.54) is 4.68 Å². The van der Waals surface area contributed by atoms with Crippen molar-refractivity contribution in [2.45, 2.75) is 13.5 Å². The summed E-state index contributed by atoms with van der Waals surface area (Å²) in [5.74, 6) is 0.249. The molecule has 0 spiro atoms. The summed E-state index contributed by atoms with van der Waals surface area (Å²) in [5, 5.41) is 14.3. The van der Waals surface area contributed by atoms with Crippen molar-refractivity contribution in [1.82, 2.24) is 20.2 Å². The van der Waals surface area contributed by atoms with E-state index in [1.54, 1.807) is 6.07 Å². The van der Waals surface area contributed by atoms with Crippen molar-refractivity contribution < 1.29 is 4.79 Å². The lowest BCUT2D eigenvalue weighted by atomic mass is 10.1. The van der Waals surface area contributed by atoms with Gasteiger partial charge in [-0.1, -0.05) is 29.8 Å². The Bertz CT molecular complexity index is 825. The summed E-state index contributed by atoms with van der Waals surface area (Å²) in [5.41, 5.74) is 9.05. The van der Waals surface area contributed by atoms with Crippen LogP contribution in [0.5, 0.6) is 0 Å². The number of nitrogen functional groups attached to an aromatic ring is 1. The zero-order chi connectivity index (χ0) is 16.2. The minimum Gasteiger partial charge on any atom is -0.398 e. The molecule has 0 aliphatic rings. The number of aryl methyl sites for hydroxylation is 1. The molecule has 0 radical (unpaired) electrons. The molecule has 0 atom stereocenters. The fourth-order valence-electron chi connectivity index (χ4n) is 2.18. The number of aromatic nitrogens is 4. The first-order valence-electron chi connectivity index (χ1n) is 7.11. The molecule has 0 fully saturated rings. The van der Waals surface area contributed by atoms with E-state index in [-0.39, 0.29) is 12.5 Å². The third-order valence-electron chi connectivity index (χ3n) is 3.36. The first kappa shape index (κ1) is 14.7. The van der Waals surface area contributed by atoms with Crippen LogP contribution in [0.25, 0.3) is 11.4 Å². The molecule has 1 aromatic heterocycles. The number of para-hydroxylation sites is 1. The largest absolute Gasteiger partial charge is 0.398 e. The average Bonchev–Trinajstić information content (AvgIpc) is 2.98. The number of tetrazole rings is 1. The van der Waals surface area contributed by atoms with Crippen LogP contribution in [0.15, 0.2) is 48.5 Å². The summed E-state index contributed by atoms with van der Waals surface area (Å²) in [6.45, 7) is 1.99. The quantitative estimate of drug-likeness (QED) is 0.717. The van der Waals surface area contributed by atoms with Gasteiger partial charge in [0.1, 0.15) is 6.54 Å². The van der Waals surface area contributed by atoms with Crippen molar-refractivity contribution in [3.8, 4) is 11.4 Å². The van der Waals surface area contributed by atoms with Crippen LogP contribution in [0.1, 0.15) is 5.56 Å². The van der Waals surface area contributed by atoms with Crippen molar-refractivity contribution >= 4 is 17.3 Å². The van der Waals surface area contributed by atoms with Crippen molar-refractivity contribution in [3.63, 3.8) is 0 Å². The molecule has 0 saturated carbocycles.